The van der Waals surface area contributed by atoms with Crippen molar-refractivity contribution in [3.63, 3.8) is 0 Å². The number of hydrogen-bond acceptors (Lipinski definition) is 4. The Kier molecular flexibility index (Phi) is 4.82. The molecule has 2 aromatic rings. The van der Waals surface area contributed by atoms with Crippen LogP contribution in [0.2, 0.25) is 0 Å². The van der Waals surface area contributed by atoms with Crippen LogP contribution in [0.15, 0.2) is 21.0 Å². The lowest BCUT2D eigenvalue weighted by atomic mass is 10.2. The SMILES string of the molecule is CCNC(CC)c1nnc(-c2c(F)cc(Br)cc2F)o1. The Morgan fingerprint density at radius 1 is 1.25 bits per heavy atom. The van der Waals surface area contributed by atoms with E-state index >= 15 is 0 Å². The lowest BCUT2D eigenvalue weighted by Gasteiger charge is -2.10. The third kappa shape index (κ3) is 3.04. The first-order chi connectivity index (χ1) is 9.56. The van der Waals surface area contributed by atoms with Crippen LogP contribution in [0.4, 0.5) is 8.78 Å². The van der Waals surface area contributed by atoms with E-state index in [4.69, 9.17) is 4.42 Å². The first-order valence-electron chi connectivity index (χ1n) is 6.28. The summed E-state index contributed by atoms with van der Waals surface area (Å²) in [4.78, 5) is 0. The van der Waals surface area contributed by atoms with E-state index in [1.807, 2.05) is 13.8 Å². The van der Waals surface area contributed by atoms with E-state index in [2.05, 4.69) is 31.4 Å². The second-order valence-corrected chi connectivity index (χ2v) is 5.12. The lowest BCUT2D eigenvalue weighted by molar-refractivity contribution is 0.400. The van der Waals surface area contributed by atoms with Gasteiger partial charge in [0.05, 0.1) is 6.04 Å². The van der Waals surface area contributed by atoms with Gasteiger partial charge in [0.1, 0.15) is 17.2 Å². The number of benzene rings is 1. The van der Waals surface area contributed by atoms with E-state index in [9.17, 15) is 8.78 Å². The number of rotatable bonds is 5. The Morgan fingerprint density at radius 3 is 2.45 bits per heavy atom. The maximum absolute atomic E-state index is 13.8. The molecule has 0 amide bonds. The summed E-state index contributed by atoms with van der Waals surface area (Å²) in [6.45, 7) is 4.64. The van der Waals surface area contributed by atoms with Crippen LogP contribution in [0.3, 0.4) is 0 Å². The normalized spacial score (nSPS) is 12.7. The van der Waals surface area contributed by atoms with Crippen LogP contribution in [0.25, 0.3) is 11.5 Å². The van der Waals surface area contributed by atoms with Crippen molar-refractivity contribution in [1.29, 1.82) is 0 Å². The van der Waals surface area contributed by atoms with Gasteiger partial charge in [-0.25, -0.2) is 8.78 Å². The molecule has 2 rings (SSSR count). The molecule has 1 unspecified atom stereocenters. The fourth-order valence-corrected chi connectivity index (χ4v) is 2.28. The molecular formula is C13H14BrF2N3O. The van der Waals surface area contributed by atoms with Gasteiger partial charge in [0.15, 0.2) is 0 Å². The predicted octanol–water partition coefficient (Wildman–Crippen LogP) is 3.84. The Hall–Kier alpha value is -1.34. The molecule has 20 heavy (non-hydrogen) atoms. The Bertz CT molecular complexity index is 580. The summed E-state index contributed by atoms with van der Waals surface area (Å²) in [6.07, 6.45) is 0.737. The van der Waals surface area contributed by atoms with Crippen LogP contribution in [-0.4, -0.2) is 16.7 Å². The minimum absolute atomic E-state index is 0.122. The lowest BCUT2D eigenvalue weighted by Crippen LogP contribution is -2.20. The minimum atomic E-state index is -0.747. The number of hydrogen-bond donors (Lipinski definition) is 1. The van der Waals surface area contributed by atoms with Crippen molar-refractivity contribution in [2.24, 2.45) is 0 Å². The molecule has 1 N–H and O–H groups in total. The summed E-state index contributed by atoms with van der Waals surface area (Å²) in [5, 5.41) is 10.8. The molecule has 4 nitrogen and oxygen atoms in total. The molecule has 1 atom stereocenters. The minimum Gasteiger partial charge on any atom is -0.419 e. The highest BCUT2D eigenvalue weighted by Gasteiger charge is 2.21. The number of nitrogens with zero attached hydrogens (tertiary/aromatic N) is 2. The highest BCUT2D eigenvalue weighted by Crippen LogP contribution is 2.29. The third-order valence-corrected chi connectivity index (χ3v) is 3.28. The van der Waals surface area contributed by atoms with Crippen LogP contribution in [0, 0.1) is 11.6 Å². The standard InChI is InChI=1S/C13H14BrF2N3O/c1-3-10(17-4-2)12-18-19-13(20-12)11-8(15)5-7(14)6-9(11)16/h5-6,10,17H,3-4H2,1-2H3. The quantitative estimate of drug-likeness (QED) is 0.894. The van der Waals surface area contributed by atoms with E-state index in [1.165, 1.54) is 0 Å². The molecule has 0 saturated heterocycles. The molecule has 0 aliphatic rings. The van der Waals surface area contributed by atoms with Crippen LogP contribution >= 0.6 is 15.9 Å². The van der Waals surface area contributed by atoms with Gasteiger partial charge in [0, 0.05) is 4.47 Å². The van der Waals surface area contributed by atoms with Gasteiger partial charge in [-0.3, -0.25) is 0 Å². The number of aromatic nitrogens is 2. The van der Waals surface area contributed by atoms with Crippen molar-refractivity contribution in [2.45, 2.75) is 26.3 Å². The molecule has 1 heterocycles. The smallest absolute Gasteiger partial charge is 0.253 e. The van der Waals surface area contributed by atoms with Gasteiger partial charge in [-0.2, -0.15) is 0 Å². The zero-order valence-corrected chi connectivity index (χ0v) is 12.7. The van der Waals surface area contributed by atoms with Gasteiger partial charge in [0.25, 0.3) is 5.89 Å². The van der Waals surface area contributed by atoms with Crippen molar-refractivity contribution >= 4 is 15.9 Å². The van der Waals surface area contributed by atoms with Gasteiger partial charge in [-0.15, -0.1) is 10.2 Å². The van der Waals surface area contributed by atoms with E-state index in [-0.39, 0.29) is 17.5 Å². The summed E-state index contributed by atoms with van der Waals surface area (Å²) in [5.74, 6) is -1.32. The van der Waals surface area contributed by atoms with Crippen LogP contribution < -0.4 is 5.32 Å². The molecule has 0 saturated carbocycles. The first kappa shape index (κ1) is 15.1. The number of halogens is 3. The summed E-state index contributed by atoms with van der Waals surface area (Å²) >= 11 is 3.02. The van der Waals surface area contributed by atoms with Gasteiger partial charge in [-0.1, -0.05) is 29.8 Å². The van der Waals surface area contributed by atoms with Crippen LogP contribution in [-0.2, 0) is 0 Å². The molecule has 1 aromatic heterocycles. The molecule has 0 radical (unpaired) electrons. The summed E-state index contributed by atoms with van der Waals surface area (Å²) < 4.78 is 33.4. The highest BCUT2D eigenvalue weighted by atomic mass is 79.9. The van der Waals surface area contributed by atoms with E-state index in [0.717, 1.165) is 25.1 Å². The highest BCUT2D eigenvalue weighted by molar-refractivity contribution is 9.10. The molecule has 0 aliphatic carbocycles. The zero-order valence-electron chi connectivity index (χ0n) is 11.1. The van der Waals surface area contributed by atoms with Crippen molar-refractivity contribution in [3.05, 3.63) is 34.1 Å². The molecule has 7 heteroatoms. The Morgan fingerprint density at radius 2 is 1.90 bits per heavy atom. The van der Waals surface area contributed by atoms with Gasteiger partial charge < -0.3 is 9.73 Å². The Balaban J connectivity index is 2.38. The van der Waals surface area contributed by atoms with Crippen LogP contribution in [0.1, 0.15) is 32.2 Å². The largest absolute Gasteiger partial charge is 0.419 e. The van der Waals surface area contributed by atoms with E-state index in [0.29, 0.717) is 10.4 Å². The molecule has 0 spiro atoms. The second-order valence-electron chi connectivity index (χ2n) is 4.21. The summed E-state index contributed by atoms with van der Waals surface area (Å²) in [7, 11) is 0. The van der Waals surface area contributed by atoms with Crippen molar-refractivity contribution in [3.8, 4) is 11.5 Å². The Labute approximate surface area is 123 Å². The second kappa shape index (κ2) is 6.41. The van der Waals surface area contributed by atoms with E-state index < -0.39 is 11.6 Å². The summed E-state index contributed by atoms with van der Waals surface area (Å²) in [5.41, 5.74) is -0.307. The van der Waals surface area contributed by atoms with Crippen molar-refractivity contribution in [1.82, 2.24) is 15.5 Å². The zero-order chi connectivity index (χ0) is 14.7. The van der Waals surface area contributed by atoms with Gasteiger partial charge >= 0.3 is 0 Å². The van der Waals surface area contributed by atoms with Gasteiger partial charge in [0.2, 0.25) is 5.89 Å². The average Bonchev–Trinajstić information content (AvgIpc) is 2.84. The number of nitrogens with one attached hydrogen (secondary N) is 1. The topological polar surface area (TPSA) is 51.0 Å². The fraction of sp³-hybridized carbons (Fsp3) is 0.385. The van der Waals surface area contributed by atoms with Crippen molar-refractivity contribution < 1.29 is 13.2 Å². The molecule has 0 bridgehead atoms. The first-order valence-corrected chi connectivity index (χ1v) is 7.07. The van der Waals surface area contributed by atoms with E-state index in [1.54, 1.807) is 0 Å². The average molecular weight is 346 g/mol. The molecule has 0 fully saturated rings. The van der Waals surface area contributed by atoms with Crippen LogP contribution in [0.5, 0.6) is 0 Å². The van der Waals surface area contributed by atoms with Crippen molar-refractivity contribution in [2.75, 3.05) is 6.54 Å². The maximum atomic E-state index is 13.8. The van der Waals surface area contributed by atoms with Gasteiger partial charge in [-0.05, 0) is 25.1 Å². The summed E-state index contributed by atoms with van der Waals surface area (Å²) in [6, 6.07) is 2.19. The third-order valence-electron chi connectivity index (χ3n) is 2.82. The fourth-order valence-electron chi connectivity index (χ4n) is 1.88. The monoisotopic (exact) mass is 345 g/mol. The molecule has 1 aromatic carbocycles. The molecule has 0 aliphatic heterocycles. The molecule has 108 valence electrons. The predicted molar refractivity (Wildman–Crippen MR) is 74.1 cm³/mol. The molecular weight excluding hydrogens is 332 g/mol. The maximum Gasteiger partial charge on any atom is 0.253 e.